The van der Waals surface area contributed by atoms with Crippen molar-refractivity contribution in [3.05, 3.63) is 71.8 Å². The maximum absolute atomic E-state index is 11.5. The topological polar surface area (TPSA) is 40.5 Å². The summed E-state index contributed by atoms with van der Waals surface area (Å²) in [5.74, 6) is 0. The number of aldehydes is 1. The Morgan fingerprint density at radius 3 is 2.05 bits per heavy atom. The molecule has 0 bridgehead atoms. The van der Waals surface area contributed by atoms with E-state index in [1.165, 1.54) is 0 Å². The predicted octanol–water partition coefficient (Wildman–Crippen LogP) is 2.91. The van der Waals surface area contributed by atoms with Crippen molar-refractivity contribution in [2.75, 3.05) is 13.1 Å². The molecule has 1 aliphatic heterocycles. The number of hydrogen-bond donors (Lipinski definition) is 1. The summed E-state index contributed by atoms with van der Waals surface area (Å²) in [6.07, 6.45) is 2.30. The van der Waals surface area contributed by atoms with Crippen molar-refractivity contribution in [1.82, 2.24) is 4.90 Å². The lowest BCUT2D eigenvalue weighted by Crippen LogP contribution is -2.44. The van der Waals surface area contributed by atoms with E-state index >= 15 is 0 Å². The second-order valence-corrected chi connectivity index (χ2v) is 5.93. The second kappa shape index (κ2) is 6.42. The van der Waals surface area contributed by atoms with Crippen LogP contribution in [0.15, 0.2) is 60.7 Å². The Kier molecular flexibility index (Phi) is 4.36. The van der Waals surface area contributed by atoms with E-state index < -0.39 is 5.60 Å². The lowest BCUT2D eigenvalue weighted by Gasteiger charge is -2.40. The fourth-order valence-electron chi connectivity index (χ4n) is 3.23. The molecule has 3 rings (SSSR count). The summed E-state index contributed by atoms with van der Waals surface area (Å²) < 4.78 is 0. The fourth-order valence-corrected chi connectivity index (χ4v) is 3.23. The summed E-state index contributed by atoms with van der Waals surface area (Å²) in [7, 11) is 0. The third kappa shape index (κ3) is 2.96. The SMILES string of the molecule is O=C[C@@H](c1ccccc1)N1CCC(O)(c2ccccc2)CC1. The van der Waals surface area contributed by atoms with Gasteiger partial charge in [-0.2, -0.15) is 0 Å². The Bertz CT molecular complexity index is 604. The largest absolute Gasteiger partial charge is 0.385 e. The monoisotopic (exact) mass is 295 g/mol. The van der Waals surface area contributed by atoms with Crippen LogP contribution in [-0.4, -0.2) is 29.4 Å². The molecule has 3 nitrogen and oxygen atoms in total. The van der Waals surface area contributed by atoms with Gasteiger partial charge in [-0.25, -0.2) is 0 Å². The number of piperidine rings is 1. The minimum absolute atomic E-state index is 0.221. The Hall–Kier alpha value is -1.97. The van der Waals surface area contributed by atoms with Crippen LogP contribution in [0.4, 0.5) is 0 Å². The zero-order valence-electron chi connectivity index (χ0n) is 12.6. The zero-order chi connectivity index (χ0) is 15.4. The predicted molar refractivity (Wildman–Crippen MR) is 86.4 cm³/mol. The molecule has 0 radical (unpaired) electrons. The van der Waals surface area contributed by atoms with E-state index in [0.29, 0.717) is 25.9 Å². The Morgan fingerprint density at radius 2 is 1.50 bits per heavy atom. The van der Waals surface area contributed by atoms with E-state index in [0.717, 1.165) is 17.4 Å². The lowest BCUT2D eigenvalue weighted by molar-refractivity contribution is -0.115. The quantitative estimate of drug-likeness (QED) is 0.882. The van der Waals surface area contributed by atoms with Gasteiger partial charge in [-0.3, -0.25) is 4.90 Å². The van der Waals surface area contributed by atoms with Crippen LogP contribution in [0.1, 0.15) is 30.0 Å². The fraction of sp³-hybridized carbons (Fsp3) is 0.316. The first-order chi connectivity index (χ1) is 10.7. The van der Waals surface area contributed by atoms with E-state index in [4.69, 9.17) is 0 Å². The normalized spacial score (nSPS) is 19.5. The van der Waals surface area contributed by atoms with Gasteiger partial charge in [-0.1, -0.05) is 60.7 Å². The maximum Gasteiger partial charge on any atom is 0.141 e. The highest BCUT2D eigenvalue weighted by atomic mass is 16.3. The summed E-state index contributed by atoms with van der Waals surface area (Å²) in [6, 6.07) is 19.4. The van der Waals surface area contributed by atoms with Gasteiger partial charge >= 0.3 is 0 Å². The van der Waals surface area contributed by atoms with Gasteiger partial charge in [0.05, 0.1) is 11.6 Å². The molecule has 0 unspecified atom stereocenters. The highest BCUT2D eigenvalue weighted by Crippen LogP contribution is 2.35. The molecule has 1 saturated heterocycles. The van der Waals surface area contributed by atoms with Crippen LogP contribution >= 0.6 is 0 Å². The lowest BCUT2D eigenvalue weighted by atomic mass is 9.84. The van der Waals surface area contributed by atoms with Crippen LogP contribution in [0.2, 0.25) is 0 Å². The average Bonchev–Trinajstić information content (AvgIpc) is 2.59. The van der Waals surface area contributed by atoms with Crippen LogP contribution < -0.4 is 0 Å². The molecule has 0 aromatic heterocycles. The molecule has 2 aromatic rings. The van der Waals surface area contributed by atoms with E-state index in [1.807, 2.05) is 60.7 Å². The number of aliphatic hydroxyl groups is 1. The van der Waals surface area contributed by atoms with Crippen molar-refractivity contribution in [2.24, 2.45) is 0 Å². The van der Waals surface area contributed by atoms with Crippen LogP contribution in [0.25, 0.3) is 0 Å². The number of carbonyl (C=O) groups is 1. The van der Waals surface area contributed by atoms with Crippen molar-refractivity contribution >= 4 is 6.29 Å². The second-order valence-electron chi connectivity index (χ2n) is 5.93. The third-order valence-corrected chi connectivity index (χ3v) is 4.60. The maximum atomic E-state index is 11.5. The zero-order valence-corrected chi connectivity index (χ0v) is 12.6. The first kappa shape index (κ1) is 14.9. The summed E-state index contributed by atoms with van der Waals surface area (Å²) in [6.45, 7) is 1.42. The molecule has 1 N–H and O–H groups in total. The molecule has 2 aromatic carbocycles. The van der Waals surface area contributed by atoms with E-state index in [9.17, 15) is 9.90 Å². The minimum Gasteiger partial charge on any atom is -0.385 e. The van der Waals surface area contributed by atoms with E-state index in [-0.39, 0.29) is 6.04 Å². The Labute approximate surface area is 131 Å². The molecule has 3 heteroatoms. The third-order valence-electron chi connectivity index (χ3n) is 4.60. The van der Waals surface area contributed by atoms with Crippen LogP contribution in [0.3, 0.4) is 0 Å². The Balaban J connectivity index is 1.72. The number of nitrogens with zero attached hydrogens (tertiary/aromatic N) is 1. The Morgan fingerprint density at radius 1 is 0.955 bits per heavy atom. The molecular formula is C19H21NO2. The number of likely N-dealkylation sites (tertiary alicyclic amines) is 1. The van der Waals surface area contributed by atoms with Gasteiger partial charge in [0, 0.05) is 13.1 Å². The first-order valence-electron chi connectivity index (χ1n) is 7.75. The van der Waals surface area contributed by atoms with Gasteiger partial charge in [0.15, 0.2) is 0 Å². The van der Waals surface area contributed by atoms with Gasteiger partial charge in [-0.15, -0.1) is 0 Å². The molecule has 0 spiro atoms. The molecule has 1 aliphatic rings. The molecule has 0 amide bonds. The smallest absolute Gasteiger partial charge is 0.141 e. The number of carbonyl (C=O) groups excluding carboxylic acids is 1. The summed E-state index contributed by atoms with van der Waals surface area (Å²) in [4.78, 5) is 13.7. The number of hydrogen-bond acceptors (Lipinski definition) is 3. The molecule has 114 valence electrons. The van der Waals surface area contributed by atoms with Gasteiger partial charge < -0.3 is 9.90 Å². The number of benzene rings is 2. The molecule has 1 heterocycles. The van der Waals surface area contributed by atoms with Crippen molar-refractivity contribution in [2.45, 2.75) is 24.5 Å². The molecular weight excluding hydrogens is 274 g/mol. The van der Waals surface area contributed by atoms with Gasteiger partial charge in [-0.05, 0) is 24.0 Å². The van der Waals surface area contributed by atoms with Crippen molar-refractivity contribution in [1.29, 1.82) is 0 Å². The summed E-state index contributed by atoms with van der Waals surface area (Å²) in [5.41, 5.74) is 1.21. The summed E-state index contributed by atoms with van der Waals surface area (Å²) in [5, 5.41) is 10.9. The van der Waals surface area contributed by atoms with Crippen molar-refractivity contribution in [3.63, 3.8) is 0 Å². The van der Waals surface area contributed by atoms with E-state index in [1.54, 1.807) is 0 Å². The standard InChI is InChI=1S/C19H21NO2/c21-15-18(16-7-3-1-4-8-16)20-13-11-19(22,12-14-20)17-9-5-2-6-10-17/h1-10,15,18,22H,11-14H2/t18-/m0/s1. The van der Waals surface area contributed by atoms with Gasteiger partial charge in [0.2, 0.25) is 0 Å². The number of rotatable bonds is 4. The minimum atomic E-state index is -0.776. The average molecular weight is 295 g/mol. The first-order valence-corrected chi connectivity index (χ1v) is 7.75. The van der Waals surface area contributed by atoms with Crippen molar-refractivity contribution < 1.29 is 9.90 Å². The molecule has 1 fully saturated rings. The highest BCUT2D eigenvalue weighted by molar-refractivity contribution is 5.61. The van der Waals surface area contributed by atoms with E-state index in [2.05, 4.69) is 4.90 Å². The summed E-state index contributed by atoms with van der Waals surface area (Å²) >= 11 is 0. The van der Waals surface area contributed by atoms with Gasteiger partial charge in [0.25, 0.3) is 0 Å². The van der Waals surface area contributed by atoms with Crippen LogP contribution in [0.5, 0.6) is 0 Å². The van der Waals surface area contributed by atoms with Crippen molar-refractivity contribution in [3.8, 4) is 0 Å². The molecule has 22 heavy (non-hydrogen) atoms. The molecule has 0 saturated carbocycles. The van der Waals surface area contributed by atoms with Crippen LogP contribution in [0, 0.1) is 0 Å². The molecule has 0 aliphatic carbocycles. The molecule has 1 atom stereocenters. The van der Waals surface area contributed by atoms with Crippen LogP contribution in [-0.2, 0) is 10.4 Å². The van der Waals surface area contributed by atoms with Gasteiger partial charge in [0.1, 0.15) is 6.29 Å². The highest BCUT2D eigenvalue weighted by Gasteiger charge is 2.36.